The number of rotatable bonds is 1. The average Bonchev–Trinajstić information content (AvgIpc) is 3.23. The Bertz CT molecular complexity index is 409. The van der Waals surface area contributed by atoms with Gasteiger partial charge in [-0.1, -0.05) is 0 Å². The normalized spacial score (nSPS) is 27.6. The van der Waals surface area contributed by atoms with Crippen molar-refractivity contribution >= 4 is 17.8 Å². The third-order valence-electron chi connectivity index (χ3n) is 4.05. The van der Waals surface area contributed by atoms with E-state index in [-0.39, 0.29) is 11.9 Å². The summed E-state index contributed by atoms with van der Waals surface area (Å²) in [5, 5.41) is 14.3. The van der Waals surface area contributed by atoms with E-state index in [9.17, 15) is 4.79 Å². The molecule has 1 aliphatic carbocycles. The summed E-state index contributed by atoms with van der Waals surface area (Å²) < 4.78 is 0. The van der Waals surface area contributed by atoms with Crippen molar-refractivity contribution in [2.24, 2.45) is 10.9 Å². The van der Waals surface area contributed by atoms with Gasteiger partial charge in [-0.2, -0.15) is 4.99 Å². The maximum absolute atomic E-state index is 11.6. The second-order valence-corrected chi connectivity index (χ2v) is 5.67. The molecule has 104 valence electrons. The molecule has 0 bridgehead atoms. The fourth-order valence-corrected chi connectivity index (χ4v) is 2.77. The van der Waals surface area contributed by atoms with Crippen LogP contribution in [-0.4, -0.2) is 41.9 Å². The third-order valence-corrected chi connectivity index (χ3v) is 4.05. The van der Waals surface area contributed by atoms with Crippen molar-refractivity contribution in [3.63, 3.8) is 0 Å². The minimum absolute atomic E-state index is 0.0791. The third kappa shape index (κ3) is 3.05. The molecule has 0 aromatic heterocycles. The fraction of sp³-hybridized carbons (Fsp3) is 0.769. The second-order valence-electron chi connectivity index (χ2n) is 5.67. The van der Waals surface area contributed by atoms with Crippen molar-refractivity contribution in [1.29, 1.82) is 5.41 Å². The molecule has 0 spiro atoms. The number of likely N-dealkylation sites (tertiary alicyclic amines) is 1. The number of piperidine rings is 1. The van der Waals surface area contributed by atoms with Crippen LogP contribution >= 0.6 is 0 Å². The zero-order chi connectivity index (χ0) is 13.2. The van der Waals surface area contributed by atoms with Crippen LogP contribution in [-0.2, 0) is 4.79 Å². The summed E-state index contributed by atoms with van der Waals surface area (Å²) in [5.41, 5.74) is 0. The Kier molecular flexibility index (Phi) is 3.40. The molecular weight excluding hydrogens is 242 g/mol. The summed E-state index contributed by atoms with van der Waals surface area (Å²) in [6.07, 6.45) is 6.39. The Morgan fingerprint density at radius 1 is 1.32 bits per heavy atom. The molecule has 0 aromatic carbocycles. The molecule has 0 aromatic rings. The minimum Gasteiger partial charge on any atom is -0.352 e. The lowest BCUT2D eigenvalue weighted by molar-refractivity contribution is -0.118. The van der Waals surface area contributed by atoms with E-state index < -0.39 is 0 Å². The first kappa shape index (κ1) is 12.4. The number of nitrogens with zero attached hydrogens (tertiary/aromatic N) is 2. The predicted octanol–water partition coefficient (Wildman–Crippen LogP) is 0.651. The molecule has 3 aliphatic rings. The number of hydrogen-bond donors (Lipinski definition) is 3. The number of carbonyl (C=O) groups excluding carboxylic acids is 1. The Morgan fingerprint density at radius 2 is 2.05 bits per heavy atom. The number of nitrogens with one attached hydrogen (secondary N) is 3. The summed E-state index contributed by atoms with van der Waals surface area (Å²) in [4.78, 5) is 17.6. The van der Waals surface area contributed by atoms with Crippen molar-refractivity contribution in [2.45, 2.75) is 44.6 Å². The SMILES string of the molecule is N=C(NC1=NC(=O)CC(C2CC2)N1)N1CCCCC1. The number of amides is 1. The maximum atomic E-state index is 11.6. The highest BCUT2D eigenvalue weighted by atomic mass is 16.1. The van der Waals surface area contributed by atoms with Crippen molar-refractivity contribution in [3.05, 3.63) is 0 Å². The largest absolute Gasteiger partial charge is 0.352 e. The van der Waals surface area contributed by atoms with E-state index in [0.29, 0.717) is 24.3 Å². The van der Waals surface area contributed by atoms with Gasteiger partial charge in [0.05, 0.1) is 0 Å². The standard InChI is InChI=1S/C13H21N5O/c14-12(18-6-2-1-3-7-18)17-13-15-10(9-4-5-9)8-11(19)16-13/h9-10H,1-8H2,(H3,14,15,16,17,19). The van der Waals surface area contributed by atoms with Crippen molar-refractivity contribution in [3.8, 4) is 0 Å². The lowest BCUT2D eigenvalue weighted by Crippen LogP contribution is -2.54. The van der Waals surface area contributed by atoms with Crippen molar-refractivity contribution < 1.29 is 4.79 Å². The van der Waals surface area contributed by atoms with Crippen LogP contribution in [0.3, 0.4) is 0 Å². The van der Waals surface area contributed by atoms with E-state index in [0.717, 1.165) is 25.9 Å². The molecule has 2 fully saturated rings. The zero-order valence-electron chi connectivity index (χ0n) is 11.1. The molecular formula is C13H21N5O. The van der Waals surface area contributed by atoms with Crippen LogP contribution in [0.5, 0.6) is 0 Å². The van der Waals surface area contributed by atoms with Gasteiger partial charge >= 0.3 is 0 Å². The van der Waals surface area contributed by atoms with Crippen LogP contribution in [0.4, 0.5) is 0 Å². The van der Waals surface area contributed by atoms with Gasteiger partial charge < -0.3 is 10.2 Å². The quantitative estimate of drug-likeness (QED) is 0.479. The van der Waals surface area contributed by atoms with E-state index >= 15 is 0 Å². The molecule has 1 unspecified atom stereocenters. The molecule has 2 heterocycles. The summed E-state index contributed by atoms with van der Waals surface area (Å²) in [7, 11) is 0. The van der Waals surface area contributed by atoms with E-state index in [2.05, 4.69) is 15.6 Å². The smallest absolute Gasteiger partial charge is 0.250 e. The monoisotopic (exact) mass is 263 g/mol. The van der Waals surface area contributed by atoms with Crippen LogP contribution in [0.1, 0.15) is 38.5 Å². The summed E-state index contributed by atoms with van der Waals surface area (Å²) in [6.45, 7) is 1.83. The van der Waals surface area contributed by atoms with Crippen LogP contribution in [0, 0.1) is 11.3 Å². The number of hydrogen-bond acceptors (Lipinski definition) is 3. The second kappa shape index (κ2) is 5.19. The van der Waals surface area contributed by atoms with Gasteiger partial charge in [0.2, 0.25) is 5.96 Å². The van der Waals surface area contributed by atoms with Crippen molar-refractivity contribution in [2.75, 3.05) is 13.1 Å². The fourth-order valence-electron chi connectivity index (χ4n) is 2.77. The summed E-state index contributed by atoms with van der Waals surface area (Å²) >= 11 is 0. The van der Waals surface area contributed by atoms with Crippen LogP contribution < -0.4 is 10.6 Å². The van der Waals surface area contributed by atoms with E-state index in [1.807, 2.05) is 4.90 Å². The van der Waals surface area contributed by atoms with Gasteiger partial charge in [0.15, 0.2) is 5.96 Å². The van der Waals surface area contributed by atoms with Crippen LogP contribution in [0.25, 0.3) is 0 Å². The Morgan fingerprint density at radius 3 is 2.74 bits per heavy atom. The van der Waals surface area contributed by atoms with Gasteiger partial charge in [-0.05, 0) is 38.0 Å². The zero-order valence-corrected chi connectivity index (χ0v) is 11.1. The van der Waals surface area contributed by atoms with Gasteiger partial charge in [-0.25, -0.2) is 0 Å². The molecule has 6 heteroatoms. The average molecular weight is 263 g/mol. The molecule has 2 aliphatic heterocycles. The van der Waals surface area contributed by atoms with Gasteiger partial charge in [0.25, 0.3) is 5.91 Å². The Labute approximate surface area is 113 Å². The first-order valence-corrected chi connectivity index (χ1v) is 7.21. The topological polar surface area (TPSA) is 80.6 Å². The molecule has 1 saturated carbocycles. The number of guanidine groups is 2. The van der Waals surface area contributed by atoms with Gasteiger partial charge in [-0.15, -0.1) is 0 Å². The number of aliphatic imine (C=N–C) groups is 1. The molecule has 19 heavy (non-hydrogen) atoms. The molecule has 6 nitrogen and oxygen atoms in total. The summed E-state index contributed by atoms with van der Waals surface area (Å²) in [5.74, 6) is 1.35. The van der Waals surface area contributed by atoms with E-state index in [1.54, 1.807) is 0 Å². The van der Waals surface area contributed by atoms with Crippen LogP contribution in [0.15, 0.2) is 4.99 Å². The Hall–Kier alpha value is -1.59. The van der Waals surface area contributed by atoms with E-state index in [4.69, 9.17) is 5.41 Å². The highest BCUT2D eigenvalue weighted by Gasteiger charge is 2.35. The van der Waals surface area contributed by atoms with Gasteiger partial charge in [0.1, 0.15) is 0 Å². The highest BCUT2D eigenvalue weighted by molar-refractivity contribution is 6.03. The molecule has 3 rings (SSSR count). The maximum Gasteiger partial charge on any atom is 0.250 e. The summed E-state index contributed by atoms with van der Waals surface area (Å²) in [6, 6.07) is 0.210. The lowest BCUT2D eigenvalue weighted by Gasteiger charge is -2.31. The van der Waals surface area contributed by atoms with Crippen molar-refractivity contribution in [1.82, 2.24) is 15.5 Å². The number of carbonyl (C=O) groups is 1. The van der Waals surface area contributed by atoms with Crippen LogP contribution in [0.2, 0.25) is 0 Å². The van der Waals surface area contributed by atoms with Gasteiger partial charge in [-0.3, -0.25) is 15.5 Å². The first-order chi connectivity index (χ1) is 9.22. The molecule has 1 atom stereocenters. The molecule has 1 amide bonds. The van der Waals surface area contributed by atoms with E-state index in [1.165, 1.54) is 19.3 Å². The highest BCUT2D eigenvalue weighted by Crippen LogP contribution is 2.34. The molecule has 1 saturated heterocycles. The minimum atomic E-state index is -0.0791. The molecule has 3 N–H and O–H groups in total. The van der Waals surface area contributed by atoms with Gasteiger partial charge in [0, 0.05) is 25.6 Å². The first-order valence-electron chi connectivity index (χ1n) is 7.21. The lowest BCUT2D eigenvalue weighted by atomic mass is 10.1. The Balaban J connectivity index is 1.58. The predicted molar refractivity (Wildman–Crippen MR) is 73.0 cm³/mol. The molecule has 0 radical (unpaired) electrons.